The summed E-state index contributed by atoms with van der Waals surface area (Å²) in [5, 5.41) is 9.37. The number of rotatable bonds is 6. The van der Waals surface area contributed by atoms with Crippen molar-refractivity contribution in [3.05, 3.63) is 218 Å². The Hall–Kier alpha value is -8.71. The normalized spacial score (nSPS) is 11.9. The summed E-state index contributed by atoms with van der Waals surface area (Å²) >= 11 is 1.85. The van der Waals surface area contributed by atoms with E-state index in [9.17, 15) is 0 Å². The van der Waals surface area contributed by atoms with Crippen LogP contribution in [0.4, 0.5) is 0 Å². The smallest absolute Gasteiger partial charge is 0.238 e. The van der Waals surface area contributed by atoms with E-state index in [1.54, 1.807) is 0 Å². The molecule has 0 aliphatic rings. The van der Waals surface area contributed by atoms with Crippen molar-refractivity contribution in [1.29, 1.82) is 0 Å². The second-order valence-electron chi connectivity index (χ2n) is 17.1. The lowest BCUT2D eigenvalue weighted by molar-refractivity contribution is 0.669. The fourth-order valence-corrected chi connectivity index (χ4v) is 11.3. The van der Waals surface area contributed by atoms with E-state index in [0.717, 1.165) is 77.1 Å². The Morgan fingerprint density at radius 2 is 0.970 bits per heavy atom. The highest BCUT2D eigenvalue weighted by atomic mass is 32.1. The van der Waals surface area contributed by atoms with Crippen LogP contribution >= 0.6 is 11.3 Å². The molecule has 0 fully saturated rings. The van der Waals surface area contributed by atoms with Crippen molar-refractivity contribution in [2.24, 2.45) is 0 Å². The Kier molecular flexibility index (Phi) is 8.38. The third-order valence-corrected chi connectivity index (χ3v) is 14.4. The number of fused-ring (bicyclic) bond motifs is 11. The molecule has 4 aromatic heterocycles. The summed E-state index contributed by atoms with van der Waals surface area (Å²) in [4.78, 5) is 15.9. The van der Waals surface area contributed by atoms with Crippen LogP contribution in [0.3, 0.4) is 0 Å². The van der Waals surface area contributed by atoms with E-state index in [2.05, 4.69) is 187 Å². The van der Waals surface area contributed by atoms with E-state index in [-0.39, 0.29) is 0 Å². The third-order valence-electron chi connectivity index (χ3n) is 13.3. The number of para-hydroxylation sites is 2. The summed E-state index contributed by atoms with van der Waals surface area (Å²) in [6.45, 7) is 0. The maximum Gasteiger partial charge on any atom is 0.238 e. The lowest BCUT2D eigenvalue weighted by atomic mass is 9.94. The molecule has 14 aromatic rings. The van der Waals surface area contributed by atoms with Gasteiger partial charge in [0.15, 0.2) is 11.6 Å². The SMILES string of the molecule is c1ccc(-c2nc(-c3ccc4c(c3)oc3ccccc34)nc(-n3c4ccc5ccccc5c4c4cccc(-c5cccc(-c6cccc(-c7cccc8sc9ccccc9c78)c6)c5)c43)n2)cc1. The second-order valence-corrected chi connectivity index (χ2v) is 18.2. The monoisotopic (exact) mass is 872 g/mol. The molecular formula is C61H36N4OS. The molecule has 0 radical (unpaired) electrons. The molecule has 5 nitrogen and oxygen atoms in total. The van der Waals surface area contributed by atoms with E-state index in [0.29, 0.717) is 17.6 Å². The van der Waals surface area contributed by atoms with Gasteiger partial charge < -0.3 is 4.42 Å². The van der Waals surface area contributed by atoms with E-state index in [1.165, 1.54) is 42.1 Å². The first-order chi connectivity index (χ1) is 33.2. The molecule has 6 heteroatoms. The van der Waals surface area contributed by atoms with Crippen molar-refractivity contribution in [2.45, 2.75) is 0 Å². The van der Waals surface area contributed by atoms with Gasteiger partial charge in [-0.25, -0.2) is 4.98 Å². The van der Waals surface area contributed by atoms with Gasteiger partial charge in [-0.3, -0.25) is 4.57 Å². The van der Waals surface area contributed by atoms with Gasteiger partial charge in [-0.15, -0.1) is 11.3 Å². The number of hydrogen-bond acceptors (Lipinski definition) is 5. The molecule has 10 aromatic carbocycles. The minimum absolute atomic E-state index is 0.537. The van der Waals surface area contributed by atoms with Crippen LogP contribution in [0.25, 0.3) is 137 Å². The number of benzene rings is 10. The molecule has 0 bridgehead atoms. The van der Waals surface area contributed by atoms with Gasteiger partial charge >= 0.3 is 0 Å². The van der Waals surface area contributed by atoms with E-state index in [1.807, 2.05) is 47.7 Å². The van der Waals surface area contributed by atoms with Gasteiger partial charge in [-0.2, -0.15) is 9.97 Å². The van der Waals surface area contributed by atoms with Gasteiger partial charge in [-0.05, 0) is 87.1 Å². The zero-order valence-electron chi connectivity index (χ0n) is 35.9. The molecule has 0 spiro atoms. The fourth-order valence-electron chi connectivity index (χ4n) is 10.2. The highest BCUT2D eigenvalue weighted by molar-refractivity contribution is 7.25. The maximum atomic E-state index is 6.38. The molecule has 0 aliphatic carbocycles. The van der Waals surface area contributed by atoms with Crippen molar-refractivity contribution in [3.8, 4) is 62.1 Å². The summed E-state index contributed by atoms with van der Waals surface area (Å²) in [6.07, 6.45) is 0. The van der Waals surface area contributed by atoms with Crippen molar-refractivity contribution in [1.82, 2.24) is 19.5 Å². The predicted molar refractivity (Wildman–Crippen MR) is 279 cm³/mol. The van der Waals surface area contributed by atoms with Gasteiger partial charge in [0, 0.05) is 58.4 Å². The van der Waals surface area contributed by atoms with Crippen LogP contribution in [-0.4, -0.2) is 19.5 Å². The highest BCUT2D eigenvalue weighted by Crippen LogP contribution is 2.44. The number of aromatic nitrogens is 4. The minimum atomic E-state index is 0.537. The summed E-state index contributed by atoms with van der Waals surface area (Å²) in [6, 6.07) is 77.6. The summed E-state index contributed by atoms with van der Waals surface area (Å²) < 4.78 is 11.2. The summed E-state index contributed by atoms with van der Waals surface area (Å²) in [5.74, 6) is 1.69. The van der Waals surface area contributed by atoms with Crippen LogP contribution in [0.2, 0.25) is 0 Å². The van der Waals surface area contributed by atoms with Crippen LogP contribution < -0.4 is 0 Å². The second kappa shape index (κ2) is 14.9. The minimum Gasteiger partial charge on any atom is -0.456 e. The van der Waals surface area contributed by atoms with Crippen LogP contribution in [0.15, 0.2) is 223 Å². The van der Waals surface area contributed by atoms with E-state index >= 15 is 0 Å². The Morgan fingerprint density at radius 3 is 1.82 bits per heavy atom. The number of nitrogens with zero attached hydrogens (tertiary/aromatic N) is 4. The molecular weight excluding hydrogens is 837 g/mol. The van der Waals surface area contributed by atoms with E-state index in [4.69, 9.17) is 19.4 Å². The van der Waals surface area contributed by atoms with Crippen LogP contribution in [-0.2, 0) is 0 Å². The maximum absolute atomic E-state index is 6.38. The number of furan rings is 1. The van der Waals surface area contributed by atoms with Crippen molar-refractivity contribution in [3.63, 3.8) is 0 Å². The first-order valence-electron chi connectivity index (χ1n) is 22.5. The summed E-state index contributed by atoms with van der Waals surface area (Å²) in [5.41, 5.74) is 12.4. The molecule has 0 atom stereocenters. The van der Waals surface area contributed by atoms with Crippen molar-refractivity contribution >= 4 is 86.0 Å². The first-order valence-corrected chi connectivity index (χ1v) is 23.3. The van der Waals surface area contributed by atoms with Crippen molar-refractivity contribution in [2.75, 3.05) is 0 Å². The van der Waals surface area contributed by atoms with Crippen molar-refractivity contribution < 1.29 is 4.42 Å². The predicted octanol–water partition coefficient (Wildman–Crippen LogP) is 16.7. The molecule has 0 unspecified atom stereocenters. The summed E-state index contributed by atoms with van der Waals surface area (Å²) in [7, 11) is 0. The number of thiophene rings is 1. The average Bonchev–Trinajstić information content (AvgIpc) is 4.08. The van der Waals surface area contributed by atoms with Gasteiger partial charge in [0.1, 0.15) is 11.2 Å². The zero-order chi connectivity index (χ0) is 44.0. The lowest BCUT2D eigenvalue weighted by Crippen LogP contribution is -2.07. The molecule has 0 aliphatic heterocycles. The third kappa shape index (κ3) is 6.04. The van der Waals surface area contributed by atoms with Gasteiger partial charge in [0.25, 0.3) is 0 Å². The highest BCUT2D eigenvalue weighted by Gasteiger charge is 2.23. The van der Waals surface area contributed by atoms with Crippen LogP contribution in [0, 0.1) is 0 Å². The van der Waals surface area contributed by atoms with Gasteiger partial charge in [0.2, 0.25) is 5.95 Å². The topological polar surface area (TPSA) is 56.7 Å². The molecule has 0 saturated heterocycles. The zero-order valence-corrected chi connectivity index (χ0v) is 36.7. The first kappa shape index (κ1) is 37.6. The van der Waals surface area contributed by atoms with Crippen LogP contribution in [0.1, 0.15) is 0 Å². The molecule has 312 valence electrons. The Labute approximate surface area is 388 Å². The quantitative estimate of drug-likeness (QED) is 0.167. The lowest BCUT2D eigenvalue weighted by Gasteiger charge is -2.14. The largest absolute Gasteiger partial charge is 0.456 e. The van der Waals surface area contributed by atoms with Crippen LogP contribution in [0.5, 0.6) is 0 Å². The van der Waals surface area contributed by atoms with E-state index < -0.39 is 0 Å². The molecule has 0 saturated carbocycles. The molecule has 4 heterocycles. The fraction of sp³-hybridized carbons (Fsp3) is 0. The Bertz CT molecular complexity index is 4300. The van der Waals surface area contributed by atoms with Gasteiger partial charge in [0.05, 0.1) is 11.0 Å². The average molecular weight is 873 g/mol. The Morgan fingerprint density at radius 1 is 0.358 bits per heavy atom. The van der Waals surface area contributed by atoms with Gasteiger partial charge in [-0.1, -0.05) is 170 Å². The molecule has 67 heavy (non-hydrogen) atoms. The molecule has 14 rings (SSSR count). The standard InChI is InChI=1S/C61H36N4OS/c1-2-15-38(16-3-1)59-62-60(43-30-32-48-47-22-6-8-27-52(47)66-53(48)36-43)64-61(63-59)65-51-33-31-37-14-4-5-21-44(37)56(51)50-26-12-25-46(58(50)65)42-20-11-18-40(35-42)39-17-10-19-41(34-39)45-24-13-29-55-57(45)49-23-7-9-28-54(49)67-55/h1-36H. The number of hydrogen-bond donors (Lipinski definition) is 0. The Balaban J connectivity index is 0.985. The molecule has 0 N–H and O–H groups in total. The molecule has 0 amide bonds.